The Balaban J connectivity index is 2.44. The summed E-state index contributed by atoms with van der Waals surface area (Å²) >= 11 is 0. The van der Waals surface area contributed by atoms with Gasteiger partial charge in [-0.2, -0.15) is 0 Å². The number of nitrogens with two attached hydrogens (primary N) is 1. The van der Waals surface area contributed by atoms with E-state index in [1.165, 1.54) is 6.42 Å². The second kappa shape index (κ2) is 6.06. The van der Waals surface area contributed by atoms with E-state index in [1.807, 2.05) is 6.92 Å². The van der Waals surface area contributed by atoms with Crippen LogP contribution in [-0.4, -0.2) is 60.1 Å². The van der Waals surface area contributed by atoms with Crippen molar-refractivity contribution in [1.29, 1.82) is 0 Å². The van der Waals surface area contributed by atoms with Crippen LogP contribution in [0, 0.1) is 5.92 Å². The number of rotatable bonds is 4. The Morgan fingerprint density at radius 3 is 2.81 bits per heavy atom. The third-order valence-electron chi connectivity index (χ3n) is 3.48. The molecule has 0 radical (unpaired) electrons. The van der Waals surface area contributed by atoms with Gasteiger partial charge in [-0.1, -0.05) is 19.0 Å². The molecule has 0 aromatic carbocycles. The Hall–Kier alpha value is -0.810. The molecule has 94 valence electrons. The van der Waals surface area contributed by atoms with Crippen LogP contribution in [0.15, 0.2) is 5.16 Å². The minimum Gasteiger partial charge on any atom is -0.409 e. The predicted octanol–water partition coefficient (Wildman–Crippen LogP) is 0.395. The minimum atomic E-state index is 0.117. The highest BCUT2D eigenvalue weighted by Gasteiger charge is 2.24. The van der Waals surface area contributed by atoms with Crippen LogP contribution >= 0.6 is 0 Å². The van der Waals surface area contributed by atoms with Crippen molar-refractivity contribution in [3.63, 3.8) is 0 Å². The average Bonchev–Trinajstić information content (AvgIpc) is 2.30. The van der Waals surface area contributed by atoms with Crippen molar-refractivity contribution >= 4 is 5.84 Å². The van der Waals surface area contributed by atoms with Gasteiger partial charge >= 0.3 is 0 Å². The summed E-state index contributed by atoms with van der Waals surface area (Å²) in [5, 5.41) is 11.7. The molecule has 5 nitrogen and oxygen atoms in total. The summed E-state index contributed by atoms with van der Waals surface area (Å²) < 4.78 is 0. The van der Waals surface area contributed by atoms with Crippen LogP contribution in [0.1, 0.15) is 20.3 Å². The molecule has 1 rings (SSSR count). The molecule has 5 heteroatoms. The van der Waals surface area contributed by atoms with E-state index < -0.39 is 0 Å². The molecule has 2 atom stereocenters. The Morgan fingerprint density at radius 2 is 2.25 bits per heavy atom. The number of likely N-dealkylation sites (N-methyl/N-ethyl adjacent to an activating group) is 1. The summed E-state index contributed by atoms with van der Waals surface area (Å²) in [6.07, 6.45) is 1.17. The molecule has 3 N–H and O–H groups in total. The number of nitrogens with zero attached hydrogens (tertiary/aromatic N) is 3. The van der Waals surface area contributed by atoms with Crippen LogP contribution in [0.2, 0.25) is 0 Å². The fraction of sp³-hybridized carbons (Fsp3) is 0.909. The van der Waals surface area contributed by atoms with Gasteiger partial charge in [0.05, 0.1) is 0 Å². The predicted molar refractivity (Wildman–Crippen MR) is 65.7 cm³/mol. The Labute approximate surface area is 97.9 Å². The molecule has 0 amide bonds. The van der Waals surface area contributed by atoms with Crippen molar-refractivity contribution in [3.05, 3.63) is 0 Å². The average molecular weight is 228 g/mol. The Kier molecular flexibility index (Phi) is 5.02. The van der Waals surface area contributed by atoms with E-state index in [0.29, 0.717) is 11.9 Å². The maximum absolute atomic E-state index is 8.61. The van der Waals surface area contributed by atoms with Gasteiger partial charge in [0.2, 0.25) is 0 Å². The van der Waals surface area contributed by atoms with E-state index >= 15 is 0 Å². The Morgan fingerprint density at radius 1 is 1.56 bits per heavy atom. The van der Waals surface area contributed by atoms with Gasteiger partial charge in [0, 0.05) is 38.1 Å². The normalized spacial score (nSPS) is 26.9. The maximum atomic E-state index is 8.61. The lowest BCUT2D eigenvalue weighted by Gasteiger charge is -2.39. The summed E-state index contributed by atoms with van der Waals surface area (Å²) in [6.45, 7) is 8.33. The van der Waals surface area contributed by atoms with E-state index in [0.717, 1.165) is 26.2 Å². The van der Waals surface area contributed by atoms with Crippen LogP contribution in [0.5, 0.6) is 0 Å². The number of oxime groups is 1. The first kappa shape index (κ1) is 13.3. The summed E-state index contributed by atoms with van der Waals surface area (Å²) in [4.78, 5) is 4.81. The second-order valence-corrected chi connectivity index (χ2v) is 4.73. The first-order chi connectivity index (χ1) is 7.58. The molecule has 1 heterocycles. The first-order valence-electron chi connectivity index (χ1n) is 5.98. The molecule has 1 saturated heterocycles. The fourth-order valence-electron chi connectivity index (χ4n) is 2.20. The molecule has 0 saturated carbocycles. The maximum Gasteiger partial charge on any atom is 0.143 e. The van der Waals surface area contributed by atoms with Gasteiger partial charge in [0.1, 0.15) is 5.84 Å². The fourth-order valence-corrected chi connectivity index (χ4v) is 2.20. The molecule has 0 aromatic rings. The number of hydrogen-bond donors (Lipinski definition) is 2. The zero-order chi connectivity index (χ0) is 12.1. The third kappa shape index (κ3) is 3.35. The summed E-state index contributed by atoms with van der Waals surface area (Å²) in [5.41, 5.74) is 5.59. The van der Waals surface area contributed by atoms with E-state index in [4.69, 9.17) is 10.9 Å². The largest absolute Gasteiger partial charge is 0.409 e. The SMILES string of the molecule is CCC1CN(CC(C)C(N)=NO)CCN1C. The highest BCUT2D eigenvalue weighted by Crippen LogP contribution is 2.12. The van der Waals surface area contributed by atoms with E-state index in [1.54, 1.807) is 0 Å². The molecular formula is C11H24N4O. The molecule has 1 aliphatic rings. The van der Waals surface area contributed by atoms with Crippen LogP contribution in [-0.2, 0) is 0 Å². The molecule has 1 aliphatic heterocycles. The van der Waals surface area contributed by atoms with Crippen molar-refractivity contribution < 1.29 is 5.21 Å². The van der Waals surface area contributed by atoms with E-state index in [-0.39, 0.29) is 5.92 Å². The van der Waals surface area contributed by atoms with Gasteiger partial charge in [-0.05, 0) is 13.5 Å². The number of piperazine rings is 1. The van der Waals surface area contributed by atoms with Crippen LogP contribution in [0.25, 0.3) is 0 Å². The lowest BCUT2D eigenvalue weighted by atomic mass is 10.1. The van der Waals surface area contributed by atoms with Gasteiger partial charge in [-0.15, -0.1) is 0 Å². The lowest BCUT2D eigenvalue weighted by molar-refractivity contribution is 0.0886. The van der Waals surface area contributed by atoms with Crippen molar-refractivity contribution in [2.75, 3.05) is 33.2 Å². The number of hydrogen-bond acceptors (Lipinski definition) is 4. The molecule has 16 heavy (non-hydrogen) atoms. The minimum absolute atomic E-state index is 0.117. The topological polar surface area (TPSA) is 65.1 Å². The zero-order valence-corrected chi connectivity index (χ0v) is 10.6. The van der Waals surface area contributed by atoms with Gasteiger partial charge in [0.25, 0.3) is 0 Å². The Bertz CT molecular complexity index is 244. The van der Waals surface area contributed by atoms with E-state index in [2.05, 4.69) is 28.9 Å². The second-order valence-electron chi connectivity index (χ2n) is 4.73. The molecule has 1 fully saturated rings. The van der Waals surface area contributed by atoms with Crippen LogP contribution < -0.4 is 5.73 Å². The molecule has 0 aromatic heterocycles. The zero-order valence-electron chi connectivity index (χ0n) is 10.6. The van der Waals surface area contributed by atoms with Gasteiger partial charge in [0.15, 0.2) is 0 Å². The molecule has 2 unspecified atom stereocenters. The van der Waals surface area contributed by atoms with Crippen molar-refractivity contribution in [3.8, 4) is 0 Å². The van der Waals surface area contributed by atoms with Crippen molar-refractivity contribution in [2.24, 2.45) is 16.8 Å². The molecule has 0 spiro atoms. The quantitative estimate of drug-likeness (QED) is 0.316. The number of amidine groups is 1. The smallest absolute Gasteiger partial charge is 0.143 e. The van der Waals surface area contributed by atoms with Crippen molar-refractivity contribution in [1.82, 2.24) is 9.80 Å². The van der Waals surface area contributed by atoms with E-state index in [9.17, 15) is 0 Å². The van der Waals surface area contributed by atoms with Gasteiger partial charge in [-0.25, -0.2) is 0 Å². The third-order valence-corrected chi connectivity index (χ3v) is 3.48. The van der Waals surface area contributed by atoms with Gasteiger partial charge < -0.3 is 15.8 Å². The lowest BCUT2D eigenvalue weighted by Crippen LogP contribution is -2.52. The van der Waals surface area contributed by atoms with Crippen molar-refractivity contribution in [2.45, 2.75) is 26.3 Å². The van der Waals surface area contributed by atoms with Crippen LogP contribution in [0.4, 0.5) is 0 Å². The first-order valence-corrected chi connectivity index (χ1v) is 5.98. The highest BCUT2D eigenvalue weighted by atomic mass is 16.4. The van der Waals surface area contributed by atoms with Gasteiger partial charge in [-0.3, -0.25) is 4.90 Å². The summed E-state index contributed by atoms with van der Waals surface area (Å²) in [7, 11) is 2.18. The molecule has 0 aliphatic carbocycles. The monoisotopic (exact) mass is 228 g/mol. The summed E-state index contributed by atoms with van der Waals surface area (Å²) in [5.74, 6) is 0.442. The molecular weight excluding hydrogens is 204 g/mol. The standard InChI is InChI=1S/C11H24N4O/c1-4-10-8-15(6-5-14(10)3)7-9(2)11(12)13-16/h9-10,16H,4-8H2,1-3H3,(H2,12,13). The molecule has 0 bridgehead atoms. The van der Waals surface area contributed by atoms with Crippen LogP contribution in [0.3, 0.4) is 0 Å². The highest BCUT2D eigenvalue weighted by molar-refractivity contribution is 5.82. The summed E-state index contributed by atoms with van der Waals surface area (Å²) in [6, 6.07) is 0.633.